The van der Waals surface area contributed by atoms with Gasteiger partial charge in [0.25, 0.3) is 0 Å². The number of allylic oxidation sites excluding steroid dienone is 2. The molecule has 0 saturated heterocycles. The van der Waals surface area contributed by atoms with Crippen LogP contribution in [0.4, 0.5) is 0 Å². The Balaban J connectivity index is 1.75. The SMILES string of the molecule is O=C(c1nccn1-c1ccccc1)[C@@H](c1ccccc1)[C@@H]1C=CCCC1. The fraction of sp³-hybridized carbons (Fsp3) is 0.217. The van der Waals surface area contributed by atoms with Crippen LogP contribution < -0.4 is 0 Å². The molecule has 0 bridgehead atoms. The molecule has 26 heavy (non-hydrogen) atoms. The number of hydrogen-bond donors (Lipinski definition) is 0. The Kier molecular flexibility index (Phi) is 4.78. The van der Waals surface area contributed by atoms with Crippen LogP contribution in [0.1, 0.15) is 41.4 Å². The molecule has 3 heteroatoms. The summed E-state index contributed by atoms with van der Waals surface area (Å²) < 4.78 is 1.89. The normalized spacial score (nSPS) is 17.8. The molecule has 1 heterocycles. The lowest BCUT2D eigenvalue weighted by Crippen LogP contribution is -2.24. The highest BCUT2D eigenvalue weighted by Crippen LogP contribution is 2.35. The van der Waals surface area contributed by atoms with E-state index in [1.54, 1.807) is 6.20 Å². The van der Waals surface area contributed by atoms with Crippen molar-refractivity contribution in [1.82, 2.24) is 9.55 Å². The minimum Gasteiger partial charge on any atom is -0.297 e. The molecule has 1 aromatic heterocycles. The van der Waals surface area contributed by atoms with Crippen LogP contribution in [0.15, 0.2) is 85.2 Å². The van der Waals surface area contributed by atoms with E-state index in [0.29, 0.717) is 5.82 Å². The number of benzene rings is 2. The second kappa shape index (κ2) is 7.52. The number of para-hydroxylation sites is 1. The number of aromatic nitrogens is 2. The van der Waals surface area contributed by atoms with E-state index in [1.807, 2.05) is 59.3 Å². The van der Waals surface area contributed by atoms with Crippen LogP contribution >= 0.6 is 0 Å². The first-order chi connectivity index (χ1) is 12.8. The second-order valence-electron chi connectivity index (χ2n) is 6.73. The van der Waals surface area contributed by atoms with Gasteiger partial charge in [-0.25, -0.2) is 4.98 Å². The number of rotatable bonds is 5. The maximum Gasteiger partial charge on any atom is 0.206 e. The van der Waals surface area contributed by atoms with Crippen LogP contribution in [-0.4, -0.2) is 15.3 Å². The second-order valence-corrected chi connectivity index (χ2v) is 6.73. The van der Waals surface area contributed by atoms with Gasteiger partial charge in [0, 0.05) is 18.1 Å². The zero-order valence-electron chi connectivity index (χ0n) is 14.7. The molecule has 1 aliphatic rings. The molecule has 0 amide bonds. The number of hydrogen-bond acceptors (Lipinski definition) is 2. The standard InChI is InChI=1S/C23H22N2O/c26-22(23-24-16-17-25(23)20-14-8-3-9-15-20)21(18-10-4-1-5-11-18)19-12-6-2-7-13-19/h1,3-6,8-12,14-17,19,21H,2,7,13H2/t19-,21+/m1/s1. The molecule has 130 valence electrons. The zero-order valence-corrected chi connectivity index (χ0v) is 14.7. The lowest BCUT2D eigenvalue weighted by atomic mass is 9.77. The van der Waals surface area contributed by atoms with E-state index in [4.69, 9.17) is 0 Å². The van der Waals surface area contributed by atoms with E-state index in [2.05, 4.69) is 29.3 Å². The van der Waals surface area contributed by atoms with Crippen molar-refractivity contribution in [2.24, 2.45) is 5.92 Å². The summed E-state index contributed by atoms with van der Waals surface area (Å²) in [6, 6.07) is 20.0. The van der Waals surface area contributed by atoms with Crippen molar-refractivity contribution in [3.8, 4) is 5.69 Å². The van der Waals surface area contributed by atoms with E-state index >= 15 is 0 Å². The van der Waals surface area contributed by atoms with Gasteiger partial charge in [-0.05, 0) is 42.9 Å². The van der Waals surface area contributed by atoms with Gasteiger partial charge in [-0.15, -0.1) is 0 Å². The first kappa shape index (κ1) is 16.5. The average molecular weight is 342 g/mol. The molecule has 0 aliphatic heterocycles. The number of nitrogens with zero attached hydrogens (tertiary/aromatic N) is 2. The van der Waals surface area contributed by atoms with Gasteiger partial charge in [0.1, 0.15) is 0 Å². The zero-order chi connectivity index (χ0) is 17.8. The van der Waals surface area contributed by atoms with Gasteiger partial charge >= 0.3 is 0 Å². The lowest BCUT2D eigenvalue weighted by Gasteiger charge is -2.26. The van der Waals surface area contributed by atoms with E-state index in [1.165, 1.54) is 0 Å². The van der Waals surface area contributed by atoms with Gasteiger partial charge in [0.2, 0.25) is 5.78 Å². The Bertz CT molecular complexity index is 896. The molecule has 0 radical (unpaired) electrons. The van der Waals surface area contributed by atoms with Gasteiger partial charge in [-0.1, -0.05) is 60.7 Å². The van der Waals surface area contributed by atoms with E-state index in [-0.39, 0.29) is 17.6 Å². The van der Waals surface area contributed by atoms with Gasteiger partial charge in [0.15, 0.2) is 5.82 Å². The molecular formula is C23H22N2O. The van der Waals surface area contributed by atoms with Gasteiger partial charge in [-0.3, -0.25) is 9.36 Å². The van der Waals surface area contributed by atoms with Crippen molar-refractivity contribution in [2.75, 3.05) is 0 Å². The van der Waals surface area contributed by atoms with E-state index in [0.717, 1.165) is 30.5 Å². The monoisotopic (exact) mass is 342 g/mol. The number of carbonyl (C=O) groups is 1. The summed E-state index contributed by atoms with van der Waals surface area (Å²) >= 11 is 0. The highest BCUT2D eigenvalue weighted by molar-refractivity contribution is 5.99. The van der Waals surface area contributed by atoms with Gasteiger partial charge in [-0.2, -0.15) is 0 Å². The fourth-order valence-corrected chi connectivity index (χ4v) is 3.79. The predicted molar refractivity (Wildman–Crippen MR) is 104 cm³/mol. The van der Waals surface area contributed by atoms with Crippen molar-refractivity contribution in [3.05, 3.63) is 96.6 Å². The number of ketones is 1. The number of imidazole rings is 1. The van der Waals surface area contributed by atoms with Crippen LogP contribution in [0.5, 0.6) is 0 Å². The fourth-order valence-electron chi connectivity index (χ4n) is 3.79. The molecule has 3 aromatic rings. The first-order valence-corrected chi connectivity index (χ1v) is 9.19. The van der Waals surface area contributed by atoms with Crippen molar-refractivity contribution in [2.45, 2.75) is 25.2 Å². The molecule has 2 atom stereocenters. The molecule has 3 nitrogen and oxygen atoms in total. The summed E-state index contributed by atoms with van der Waals surface area (Å²) in [5, 5.41) is 0. The van der Waals surface area contributed by atoms with E-state index in [9.17, 15) is 4.79 Å². The molecular weight excluding hydrogens is 320 g/mol. The van der Waals surface area contributed by atoms with Crippen molar-refractivity contribution >= 4 is 5.78 Å². The Morgan fingerprint density at radius 1 is 1.04 bits per heavy atom. The smallest absolute Gasteiger partial charge is 0.206 e. The summed E-state index contributed by atoms with van der Waals surface area (Å²) in [5.41, 5.74) is 2.02. The Hall–Kier alpha value is -2.94. The summed E-state index contributed by atoms with van der Waals surface area (Å²) in [7, 11) is 0. The number of Topliss-reactive ketones (excluding diaryl/α,β-unsaturated/α-hetero) is 1. The van der Waals surface area contributed by atoms with Crippen molar-refractivity contribution in [3.63, 3.8) is 0 Å². The lowest BCUT2D eigenvalue weighted by molar-refractivity contribution is 0.0924. The molecule has 0 fully saturated rings. The third-order valence-corrected chi connectivity index (χ3v) is 5.06. The summed E-state index contributed by atoms with van der Waals surface area (Å²) in [5.74, 6) is 0.614. The van der Waals surface area contributed by atoms with Gasteiger partial charge < -0.3 is 0 Å². The topological polar surface area (TPSA) is 34.9 Å². The van der Waals surface area contributed by atoms with Crippen LogP contribution in [-0.2, 0) is 0 Å². The summed E-state index contributed by atoms with van der Waals surface area (Å²) in [6.45, 7) is 0. The largest absolute Gasteiger partial charge is 0.297 e. The maximum atomic E-state index is 13.6. The number of carbonyl (C=O) groups excluding carboxylic acids is 1. The third kappa shape index (κ3) is 3.25. The maximum absolute atomic E-state index is 13.6. The Morgan fingerprint density at radius 3 is 2.46 bits per heavy atom. The van der Waals surface area contributed by atoms with Gasteiger partial charge in [0.05, 0.1) is 5.92 Å². The van der Waals surface area contributed by atoms with Crippen molar-refractivity contribution < 1.29 is 4.79 Å². The molecule has 1 aliphatic carbocycles. The molecule has 0 spiro atoms. The minimum atomic E-state index is -0.197. The average Bonchev–Trinajstić information content (AvgIpc) is 3.20. The first-order valence-electron chi connectivity index (χ1n) is 9.19. The highest BCUT2D eigenvalue weighted by Gasteiger charge is 2.32. The third-order valence-electron chi connectivity index (χ3n) is 5.06. The highest BCUT2D eigenvalue weighted by atomic mass is 16.1. The predicted octanol–water partition coefficient (Wildman–Crippen LogP) is 5.20. The Morgan fingerprint density at radius 2 is 1.77 bits per heavy atom. The van der Waals surface area contributed by atoms with Crippen LogP contribution in [0.25, 0.3) is 5.69 Å². The van der Waals surface area contributed by atoms with Crippen LogP contribution in [0.3, 0.4) is 0 Å². The molecule has 0 N–H and O–H groups in total. The molecule has 2 aromatic carbocycles. The quantitative estimate of drug-likeness (QED) is 0.472. The van der Waals surface area contributed by atoms with Crippen LogP contribution in [0, 0.1) is 5.92 Å². The van der Waals surface area contributed by atoms with E-state index < -0.39 is 0 Å². The molecule has 0 unspecified atom stereocenters. The minimum absolute atomic E-state index is 0.0848. The molecule has 0 saturated carbocycles. The van der Waals surface area contributed by atoms with Crippen LogP contribution in [0.2, 0.25) is 0 Å². The summed E-state index contributed by atoms with van der Waals surface area (Å²) in [6.07, 6.45) is 11.3. The van der Waals surface area contributed by atoms with Crippen molar-refractivity contribution in [1.29, 1.82) is 0 Å². The Labute approximate surface area is 154 Å². The summed E-state index contributed by atoms with van der Waals surface area (Å²) in [4.78, 5) is 18.0. The molecule has 4 rings (SSSR count).